The summed E-state index contributed by atoms with van der Waals surface area (Å²) in [5.41, 5.74) is 0.0192. The van der Waals surface area contributed by atoms with E-state index in [1.165, 1.54) is 6.33 Å². The summed E-state index contributed by atoms with van der Waals surface area (Å²) in [5, 5.41) is 10.2. The highest BCUT2D eigenvalue weighted by molar-refractivity contribution is 6.34. The third-order valence-electron chi connectivity index (χ3n) is 6.74. The molecule has 1 aromatic carbocycles. The molecule has 0 spiro atoms. The van der Waals surface area contributed by atoms with E-state index in [2.05, 4.69) is 14.9 Å². The Morgan fingerprint density at radius 3 is 2.64 bits per heavy atom. The van der Waals surface area contributed by atoms with Crippen LogP contribution in [-0.2, 0) is 9.53 Å². The van der Waals surface area contributed by atoms with Gasteiger partial charge in [-0.05, 0) is 50.3 Å². The van der Waals surface area contributed by atoms with Crippen molar-refractivity contribution in [2.45, 2.75) is 64.1 Å². The number of aromatic nitrogens is 2. The Kier molecular flexibility index (Phi) is 8.70. The molecule has 2 aromatic rings. The second-order valence-electron chi connectivity index (χ2n) is 10.4. The van der Waals surface area contributed by atoms with E-state index in [1.54, 1.807) is 13.8 Å². The van der Waals surface area contributed by atoms with Gasteiger partial charge in [0.05, 0.1) is 12.1 Å². The van der Waals surface area contributed by atoms with Crippen molar-refractivity contribution in [3.05, 3.63) is 41.2 Å². The summed E-state index contributed by atoms with van der Waals surface area (Å²) in [5.74, 6) is 2.22. The van der Waals surface area contributed by atoms with Crippen molar-refractivity contribution in [2.24, 2.45) is 5.92 Å². The fraction of sp³-hybridized carbons (Fsp3) is 0.593. The molecule has 2 fully saturated rings. The highest BCUT2D eigenvalue weighted by atomic mass is 35.5. The van der Waals surface area contributed by atoms with Crippen molar-refractivity contribution in [1.29, 1.82) is 0 Å². The smallest absolute Gasteiger partial charge is 0.238 e. The zero-order valence-electron chi connectivity index (χ0n) is 21.3. The van der Waals surface area contributed by atoms with Gasteiger partial charge in [-0.15, -0.1) is 0 Å². The van der Waals surface area contributed by atoms with Crippen LogP contribution in [0, 0.1) is 5.92 Å². The number of benzene rings is 1. The monoisotopic (exact) mass is 517 g/mol. The summed E-state index contributed by atoms with van der Waals surface area (Å²) in [6.07, 6.45) is 4.78. The molecule has 8 nitrogen and oxygen atoms in total. The standard InChI is InChI=1S/C27H36ClN3O5/c1-18(23(32)14-19-9-12-34-13-10-19)20-4-6-21(7-5-20)36-22-8-11-31(15-22)25-24(28)26(30-17-29-25)35-16-27(2,3)33/h4-7,17-19,22,33H,8-16H2,1-3H3/t18?,22-/m1/s1. The van der Waals surface area contributed by atoms with Crippen LogP contribution < -0.4 is 14.4 Å². The molecule has 9 heteroatoms. The lowest BCUT2D eigenvalue weighted by molar-refractivity contribution is -0.121. The van der Waals surface area contributed by atoms with Crippen LogP contribution in [0.1, 0.15) is 57.9 Å². The minimum Gasteiger partial charge on any atom is -0.489 e. The second kappa shape index (κ2) is 11.8. The van der Waals surface area contributed by atoms with Gasteiger partial charge in [-0.3, -0.25) is 4.79 Å². The molecule has 2 aliphatic heterocycles. The van der Waals surface area contributed by atoms with Crippen LogP contribution in [0.25, 0.3) is 0 Å². The number of carbonyl (C=O) groups is 1. The minimum absolute atomic E-state index is 0.0183. The fourth-order valence-corrected chi connectivity index (χ4v) is 4.82. The number of hydrogen-bond donors (Lipinski definition) is 1. The summed E-state index contributed by atoms with van der Waals surface area (Å²) in [6, 6.07) is 7.86. The fourth-order valence-electron chi connectivity index (χ4n) is 4.55. The van der Waals surface area contributed by atoms with Crippen molar-refractivity contribution in [2.75, 3.05) is 37.8 Å². The summed E-state index contributed by atoms with van der Waals surface area (Å²) >= 11 is 6.51. The quantitative estimate of drug-likeness (QED) is 0.494. The lowest BCUT2D eigenvalue weighted by atomic mass is 9.87. The molecule has 0 amide bonds. The Hall–Kier alpha value is -2.42. The van der Waals surface area contributed by atoms with Crippen molar-refractivity contribution < 1.29 is 24.1 Å². The highest BCUT2D eigenvalue weighted by Gasteiger charge is 2.28. The van der Waals surface area contributed by atoms with Crippen molar-refractivity contribution in [1.82, 2.24) is 9.97 Å². The van der Waals surface area contributed by atoms with Crippen LogP contribution in [0.3, 0.4) is 0 Å². The van der Waals surface area contributed by atoms with E-state index in [9.17, 15) is 9.90 Å². The number of hydrogen-bond acceptors (Lipinski definition) is 8. The van der Waals surface area contributed by atoms with Crippen LogP contribution in [-0.4, -0.2) is 65.5 Å². The summed E-state index contributed by atoms with van der Waals surface area (Å²) < 4.78 is 17.2. The molecule has 3 heterocycles. The van der Waals surface area contributed by atoms with Crippen LogP contribution in [0.2, 0.25) is 5.02 Å². The summed E-state index contributed by atoms with van der Waals surface area (Å²) in [4.78, 5) is 23.3. The maximum Gasteiger partial charge on any atom is 0.238 e. The first-order valence-electron chi connectivity index (χ1n) is 12.7. The molecule has 1 aromatic heterocycles. The van der Waals surface area contributed by atoms with Gasteiger partial charge in [-0.25, -0.2) is 9.97 Å². The van der Waals surface area contributed by atoms with Gasteiger partial charge in [0, 0.05) is 38.5 Å². The van der Waals surface area contributed by atoms with E-state index in [0.717, 1.165) is 50.3 Å². The van der Waals surface area contributed by atoms with E-state index in [4.69, 9.17) is 25.8 Å². The number of ketones is 1. The number of rotatable bonds is 10. The number of Topliss-reactive ketones (excluding diaryl/α,β-unsaturated/α-hetero) is 1. The predicted molar refractivity (Wildman–Crippen MR) is 138 cm³/mol. The molecule has 2 atom stereocenters. The van der Waals surface area contributed by atoms with E-state index in [-0.39, 0.29) is 30.3 Å². The summed E-state index contributed by atoms with van der Waals surface area (Å²) in [6.45, 7) is 8.26. The predicted octanol–water partition coefficient (Wildman–Crippen LogP) is 4.43. The average Bonchev–Trinajstić information content (AvgIpc) is 3.31. The van der Waals surface area contributed by atoms with Crippen molar-refractivity contribution in [3.8, 4) is 11.6 Å². The molecule has 2 aliphatic rings. The summed E-state index contributed by atoms with van der Waals surface area (Å²) in [7, 11) is 0. The zero-order valence-corrected chi connectivity index (χ0v) is 22.0. The van der Waals surface area contributed by atoms with Crippen LogP contribution >= 0.6 is 11.6 Å². The Labute approximate surface area is 217 Å². The van der Waals surface area contributed by atoms with Crippen molar-refractivity contribution >= 4 is 23.2 Å². The van der Waals surface area contributed by atoms with Crippen LogP contribution in [0.5, 0.6) is 11.6 Å². The van der Waals surface area contributed by atoms with E-state index < -0.39 is 5.60 Å². The molecule has 0 radical (unpaired) electrons. The Balaban J connectivity index is 1.31. The third-order valence-corrected chi connectivity index (χ3v) is 7.07. The third kappa shape index (κ3) is 7.08. The SMILES string of the molecule is CC(C(=O)CC1CCOCC1)c1ccc(O[C@@H]2CCN(c3ncnc(OCC(C)(C)O)c3Cl)C2)cc1. The van der Waals surface area contributed by atoms with Gasteiger partial charge in [-0.1, -0.05) is 30.7 Å². The van der Waals surface area contributed by atoms with E-state index in [0.29, 0.717) is 29.7 Å². The number of halogens is 1. The molecular weight excluding hydrogens is 482 g/mol. The van der Waals surface area contributed by atoms with Gasteiger partial charge in [0.2, 0.25) is 5.88 Å². The van der Waals surface area contributed by atoms with Crippen LogP contribution in [0.4, 0.5) is 5.82 Å². The van der Waals surface area contributed by atoms with Gasteiger partial charge in [0.25, 0.3) is 0 Å². The first-order chi connectivity index (χ1) is 17.2. The number of aliphatic hydroxyl groups is 1. The largest absolute Gasteiger partial charge is 0.489 e. The first kappa shape index (κ1) is 26.6. The van der Waals surface area contributed by atoms with Gasteiger partial charge < -0.3 is 24.2 Å². The molecule has 1 unspecified atom stereocenters. The number of carbonyl (C=O) groups excluding carboxylic acids is 1. The normalized spacial score (nSPS) is 19.8. The van der Waals surface area contributed by atoms with E-state index >= 15 is 0 Å². The Bertz CT molecular complexity index is 1020. The van der Waals surface area contributed by atoms with Gasteiger partial charge in [-0.2, -0.15) is 0 Å². The van der Waals surface area contributed by atoms with Crippen LogP contribution in [0.15, 0.2) is 30.6 Å². The van der Waals surface area contributed by atoms with E-state index in [1.807, 2.05) is 31.2 Å². The topological polar surface area (TPSA) is 94.0 Å². The Morgan fingerprint density at radius 2 is 1.94 bits per heavy atom. The maximum atomic E-state index is 12.8. The minimum atomic E-state index is -0.994. The molecule has 36 heavy (non-hydrogen) atoms. The highest BCUT2D eigenvalue weighted by Crippen LogP contribution is 2.34. The van der Waals surface area contributed by atoms with Crippen molar-refractivity contribution in [3.63, 3.8) is 0 Å². The zero-order chi connectivity index (χ0) is 25.7. The molecule has 2 saturated heterocycles. The Morgan fingerprint density at radius 1 is 1.22 bits per heavy atom. The lowest BCUT2D eigenvalue weighted by Gasteiger charge is -2.23. The number of anilines is 1. The molecule has 0 saturated carbocycles. The van der Waals surface area contributed by atoms with Gasteiger partial charge in [0.15, 0.2) is 5.82 Å². The lowest BCUT2D eigenvalue weighted by Crippen LogP contribution is -2.29. The molecule has 0 aliphatic carbocycles. The number of ether oxygens (including phenoxy) is 3. The molecule has 1 N–H and O–H groups in total. The molecule has 196 valence electrons. The molecular formula is C27H36ClN3O5. The average molecular weight is 518 g/mol. The first-order valence-corrected chi connectivity index (χ1v) is 13.0. The molecule has 4 rings (SSSR count). The second-order valence-corrected chi connectivity index (χ2v) is 10.8. The van der Waals surface area contributed by atoms with Gasteiger partial charge in [0.1, 0.15) is 35.6 Å². The van der Waals surface area contributed by atoms with Gasteiger partial charge >= 0.3 is 0 Å². The number of nitrogens with zero attached hydrogens (tertiary/aromatic N) is 3. The maximum absolute atomic E-state index is 12.8. The molecule has 0 bridgehead atoms.